The van der Waals surface area contributed by atoms with Gasteiger partial charge in [-0.05, 0) is 35.4 Å². The fourth-order valence-corrected chi connectivity index (χ4v) is 4.63. The molecule has 3 heterocycles. The first kappa shape index (κ1) is 19.6. The van der Waals surface area contributed by atoms with Crippen LogP contribution in [0.3, 0.4) is 0 Å². The van der Waals surface area contributed by atoms with Crippen LogP contribution in [0.25, 0.3) is 6.08 Å². The lowest BCUT2D eigenvalue weighted by Crippen LogP contribution is -2.40. The number of likely N-dealkylation sites (tertiary alicyclic amines) is 2. The van der Waals surface area contributed by atoms with Crippen molar-refractivity contribution in [1.29, 1.82) is 0 Å². The summed E-state index contributed by atoms with van der Waals surface area (Å²) in [6.45, 7) is 4.41. The van der Waals surface area contributed by atoms with E-state index in [1.54, 1.807) is 19.5 Å². The predicted molar refractivity (Wildman–Crippen MR) is 112 cm³/mol. The van der Waals surface area contributed by atoms with Gasteiger partial charge in [-0.2, -0.15) is 0 Å². The number of carboxylic acid groups (broad SMARTS) is 1. The number of benzene rings is 1. The third kappa shape index (κ3) is 4.18. The predicted octanol–water partition coefficient (Wildman–Crippen LogP) is 2.62. The second kappa shape index (κ2) is 8.35. The lowest BCUT2D eigenvalue weighted by molar-refractivity contribution is -0.148. The molecule has 2 fully saturated rings. The first-order valence-corrected chi connectivity index (χ1v) is 9.97. The van der Waals surface area contributed by atoms with Gasteiger partial charge in [-0.1, -0.05) is 24.3 Å². The van der Waals surface area contributed by atoms with Crippen molar-refractivity contribution in [3.8, 4) is 5.75 Å². The van der Waals surface area contributed by atoms with Crippen molar-refractivity contribution < 1.29 is 14.6 Å². The van der Waals surface area contributed by atoms with Crippen molar-refractivity contribution in [3.63, 3.8) is 0 Å². The molecule has 29 heavy (non-hydrogen) atoms. The minimum atomic E-state index is -0.666. The smallest absolute Gasteiger partial charge is 0.312 e. The molecule has 1 N–H and O–H groups in total. The van der Waals surface area contributed by atoms with Crippen molar-refractivity contribution in [1.82, 2.24) is 14.8 Å². The molecule has 2 aliphatic heterocycles. The summed E-state index contributed by atoms with van der Waals surface area (Å²) in [7, 11) is 1.66. The fraction of sp³-hybridized carbons (Fsp3) is 0.391. The number of ether oxygens (including phenoxy) is 1. The van der Waals surface area contributed by atoms with E-state index < -0.39 is 11.4 Å². The van der Waals surface area contributed by atoms with Crippen LogP contribution in [-0.2, 0) is 11.3 Å². The normalized spacial score (nSPS) is 24.8. The van der Waals surface area contributed by atoms with E-state index in [1.807, 2.05) is 36.4 Å². The van der Waals surface area contributed by atoms with Crippen molar-refractivity contribution in [3.05, 3.63) is 66.0 Å². The highest BCUT2D eigenvalue weighted by atomic mass is 16.5. The summed E-state index contributed by atoms with van der Waals surface area (Å²) in [6, 6.07) is 11.9. The molecule has 0 unspecified atom stereocenters. The molecular weight excluding hydrogens is 366 g/mol. The van der Waals surface area contributed by atoms with Crippen LogP contribution < -0.4 is 4.74 Å². The Labute approximate surface area is 171 Å². The van der Waals surface area contributed by atoms with Gasteiger partial charge >= 0.3 is 5.97 Å². The molecule has 2 aliphatic rings. The van der Waals surface area contributed by atoms with E-state index in [9.17, 15) is 9.90 Å². The van der Waals surface area contributed by atoms with Gasteiger partial charge in [-0.15, -0.1) is 0 Å². The molecule has 1 aromatic carbocycles. The van der Waals surface area contributed by atoms with Crippen LogP contribution in [0.2, 0.25) is 0 Å². The fourth-order valence-electron chi connectivity index (χ4n) is 4.63. The zero-order chi connectivity index (χ0) is 20.3. The highest BCUT2D eigenvalue weighted by Gasteiger charge is 2.57. The minimum Gasteiger partial charge on any atom is -0.497 e. The zero-order valence-corrected chi connectivity index (χ0v) is 16.7. The summed E-state index contributed by atoms with van der Waals surface area (Å²) < 4.78 is 5.18. The largest absolute Gasteiger partial charge is 0.497 e. The molecule has 0 aliphatic carbocycles. The second-order valence-electron chi connectivity index (χ2n) is 8.05. The Kier molecular flexibility index (Phi) is 5.65. The van der Waals surface area contributed by atoms with Crippen LogP contribution in [-0.4, -0.2) is 65.7 Å². The SMILES string of the molecule is COc1ccc(/C=C/CN2C[C@@H]3CN(Cc4ccncc4)C[C@]3(C(=O)O)C2)cc1. The third-order valence-electron chi connectivity index (χ3n) is 6.12. The summed E-state index contributed by atoms with van der Waals surface area (Å²) in [4.78, 5) is 20.8. The van der Waals surface area contributed by atoms with Crippen LogP contribution in [0.15, 0.2) is 54.9 Å². The number of pyridine rings is 1. The van der Waals surface area contributed by atoms with Gasteiger partial charge in [0.15, 0.2) is 0 Å². The summed E-state index contributed by atoms with van der Waals surface area (Å²) in [5, 5.41) is 10.0. The number of carbonyl (C=O) groups is 1. The van der Waals surface area contributed by atoms with Gasteiger partial charge in [0.05, 0.1) is 12.5 Å². The number of rotatable bonds is 7. The molecule has 0 radical (unpaired) electrons. The van der Waals surface area contributed by atoms with Gasteiger partial charge in [0.1, 0.15) is 5.75 Å². The van der Waals surface area contributed by atoms with Crippen LogP contribution in [0, 0.1) is 11.3 Å². The topological polar surface area (TPSA) is 65.9 Å². The minimum absolute atomic E-state index is 0.163. The molecule has 0 saturated carbocycles. The highest BCUT2D eigenvalue weighted by molar-refractivity contribution is 5.77. The standard InChI is InChI=1S/C23H27N3O3/c1-29-21-6-4-18(5-7-21)3-2-12-25-14-20-15-26(13-19-8-10-24-11-9-19)17-23(20,16-25)22(27)28/h2-11,20H,12-17H2,1H3,(H,27,28)/b3-2+/t20-,23-/m1/s1. The van der Waals surface area contributed by atoms with Gasteiger partial charge in [-0.3, -0.25) is 19.6 Å². The second-order valence-corrected chi connectivity index (χ2v) is 8.05. The molecule has 0 amide bonds. The molecule has 6 heteroatoms. The maximum Gasteiger partial charge on any atom is 0.312 e. The van der Waals surface area contributed by atoms with Crippen LogP contribution in [0.1, 0.15) is 11.1 Å². The Morgan fingerprint density at radius 2 is 1.86 bits per heavy atom. The number of aromatic nitrogens is 1. The van der Waals surface area contributed by atoms with E-state index in [0.29, 0.717) is 13.1 Å². The van der Waals surface area contributed by atoms with Crippen LogP contribution in [0.4, 0.5) is 0 Å². The number of carboxylic acids is 1. The molecular formula is C23H27N3O3. The first-order chi connectivity index (χ1) is 14.1. The van der Waals surface area contributed by atoms with Crippen LogP contribution >= 0.6 is 0 Å². The van der Waals surface area contributed by atoms with E-state index in [2.05, 4.69) is 26.9 Å². The van der Waals surface area contributed by atoms with Gasteiger partial charge in [-0.25, -0.2) is 0 Å². The third-order valence-corrected chi connectivity index (χ3v) is 6.12. The van der Waals surface area contributed by atoms with E-state index >= 15 is 0 Å². The number of methoxy groups -OCH3 is 1. The number of hydrogen-bond acceptors (Lipinski definition) is 5. The summed E-state index contributed by atoms with van der Waals surface area (Å²) >= 11 is 0. The maximum atomic E-state index is 12.2. The molecule has 152 valence electrons. The Bertz CT molecular complexity index is 869. The monoisotopic (exact) mass is 393 g/mol. The van der Waals surface area contributed by atoms with Crippen molar-refractivity contribution in [2.24, 2.45) is 11.3 Å². The van der Waals surface area contributed by atoms with Crippen molar-refractivity contribution >= 4 is 12.0 Å². The van der Waals surface area contributed by atoms with Crippen molar-refractivity contribution in [2.45, 2.75) is 6.54 Å². The molecule has 2 aromatic rings. The highest BCUT2D eigenvalue weighted by Crippen LogP contribution is 2.43. The van der Waals surface area contributed by atoms with Crippen LogP contribution in [0.5, 0.6) is 5.75 Å². The van der Waals surface area contributed by atoms with Gasteiger partial charge in [0, 0.05) is 57.6 Å². The zero-order valence-electron chi connectivity index (χ0n) is 16.7. The average Bonchev–Trinajstić information content (AvgIpc) is 3.24. The Balaban J connectivity index is 1.36. The number of fused-ring (bicyclic) bond motifs is 1. The Morgan fingerprint density at radius 1 is 1.17 bits per heavy atom. The average molecular weight is 393 g/mol. The molecule has 2 saturated heterocycles. The van der Waals surface area contributed by atoms with E-state index in [4.69, 9.17) is 4.74 Å². The number of nitrogens with zero attached hydrogens (tertiary/aromatic N) is 3. The maximum absolute atomic E-state index is 12.2. The van der Waals surface area contributed by atoms with Gasteiger partial charge < -0.3 is 9.84 Å². The lowest BCUT2D eigenvalue weighted by atomic mass is 9.81. The first-order valence-electron chi connectivity index (χ1n) is 9.97. The molecule has 1 aromatic heterocycles. The molecule has 2 atom stereocenters. The summed E-state index contributed by atoms with van der Waals surface area (Å²) in [5.74, 6) is 0.340. The summed E-state index contributed by atoms with van der Waals surface area (Å²) in [6.07, 6.45) is 7.77. The quantitative estimate of drug-likeness (QED) is 0.780. The van der Waals surface area contributed by atoms with E-state index in [-0.39, 0.29) is 5.92 Å². The lowest BCUT2D eigenvalue weighted by Gasteiger charge is -2.25. The number of aliphatic carboxylic acids is 1. The van der Waals surface area contributed by atoms with Gasteiger partial charge in [0.25, 0.3) is 0 Å². The van der Waals surface area contributed by atoms with E-state index in [1.165, 1.54) is 5.56 Å². The van der Waals surface area contributed by atoms with Gasteiger partial charge in [0.2, 0.25) is 0 Å². The van der Waals surface area contributed by atoms with Crippen molar-refractivity contribution in [2.75, 3.05) is 39.8 Å². The van der Waals surface area contributed by atoms with E-state index in [0.717, 1.165) is 37.5 Å². The Hall–Kier alpha value is -2.70. The molecule has 0 bridgehead atoms. The number of hydrogen-bond donors (Lipinski definition) is 1. The molecule has 4 rings (SSSR count). The summed E-state index contributed by atoms with van der Waals surface area (Å²) in [5.41, 5.74) is 1.63. The molecule has 0 spiro atoms. The molecule has 6 nitrogen and oxygen atoms in total. The Morgan fingerprint density at radius 3 is 2.52 bits per heavy atom.